The molecule has 1 saturated carbocycles. The van der Waals surface area contributed by atoms with Crippen molar-refractivity contribution in [2.45, 2.75) is 43.7 Å². The van der Waals surface area contributed by atoms with Crippen molar-refractivity contribution >= 4 is 21.6 Å². The van der Waals surface area contributed by atoms with E-state index < -0.39 is 10.0 Å². The lowest BCUT2D eigenvalue weighted by Crippen LogP contribution is -2.35. The second kappa shape index (κ2) is 7.99. The van der Waals surface area contributed by atoms with Crippen molar-refractivity contribution in [2.75, 3.05) is 4.72 Å². The zero-order valence-corrected chi connectivity index (χ0v) is 17.7. The maximum atomic E-state index is 13.2. The van der Waals surface area contributed by atoms with Crippen molar-refractivity contribution in [3.63, 3.8) is 0 Å². The summed E-state index contributed by atoms with van der Waals surface area (Å²) in [5.41, 5.74) is 1.82. The van der Waals surface area contributed by atoms with Crippen molar-refractivity contribution in [3.05, 3.63) is 83.8 Å². The van der Waals surface area contributed by atoms with Crippen LogP contribution in [0.3, 0.4) is 0 Å². The third-order valence-electron chi connectivity index (χ3n) is 5.35. The van der Waals surface area contributed by atoms with E-state index in [1.54, 1.807) is 30.5 Å². The number of benzene rings is 2. The summed E-state index contributed by atoms with van der Waals surface area (Å²) in [7, 11) is -3.74. The zero-order chi connectivity index (χ0) is 21.3. The summed E-state index contributed by atoms with van der Waals surface area (Å²) in [5, 5.41) is 0. The van der Waals surface area contributed by atoms with Crippen LogP contribution in [0.5, 0.6) is 0 Å². The molecule has 0 spiro atoms. The zero-order valence-electron chi connectivity index (χ0n) is 16.9. The van der Waals surface area contributed by atoms with Crippen LogP contribution < -0.4 is 4.72 Å². The molecule has 156 valence electrons. The second-order valence-corrected chi connectivity index (χ2v) is 9.26. The lowest BCUT2D eigenvalue weighted by atomic mass is 10.1. The van der Waals surface area contributed by atoms with E-state index in [9.17, 15) is 13.2 Å². The van der Waals surface area contributed by atoms with E-state index in [1.165, 1.54) is 12.1 Å². The molecule has 4 rings (SSSR count). The van der Waals surface area contributed by atoms with Gasteiger partial charge in [0.15, 0.2) is 0 Å². The molecule has 1 aromatic heterocycles. The third-order valence-corrected chi connectivity index (χ3v) is 6.73. The number of sulfonamides is 1. The summed E-state index contributed by atoms with van der Waals surface area (Å²) in [6.45, 7) is 3.78. The molecule has 0 aliphatic heterocycles. The highest BCUT2D eigenvalue weighted by Crippen LogP contribution is 2.36. The number of rotatable bonds is 7. The summed E-state index contributed by atoms with van der Waals surface area (Å²) in [4.78, 5) is 15.1. The van der Waals surface area contributed by atoms with E-state index in [0.717, 1.165) is 24.2 Å². The average Bonchev–Trinajstić information content (AvgIpc) is 3.40. The molecule has 1 fully saturated rings. The molecule has 1 aliphatic carbocycles. The normalized spacial score (nSPS) is 14.9. The average molecular weight is 425 g/mol. The Morgan fingerprint density at radius 1 is 1.07 bits per heavy atom. The number of hydrogen-bond donors (Lipinski definition) is 1. The van der Waals surface area contributed by atoms with Crippen LogP contribution in [-0.2, 0) is 10.0 Å². The van der Waals surface area contributed by atoms with Crippen LogP contribution in [0.15, 0.2) is 76.2 Å². The van der Waals surface area contributed by atoms with E-state index in [0.29, 0.717) is 11.3 Å². The predicted octanol–water partition coefficient (Wildman–Crippen LogP) is 4.75. The number of amides is 1. The minimum atomic E-state index is -3.74. The van der Waals surface area contributed by atoms with Crippen LogP contribution in [-0.4, -0.2) is 25.3 Å². The van der Waals surface area contributed by atoms with Crippen LogP contribution in [0.2, 0.25) is 0 Å². The number of nitrogens with one attached hydrogen (secondary N) is 1. The Balaban J connectivity index is 1.55. The van der Waals surface area contributed by atoms with Gasteiger partial charge in [-0.25, -0.2) is 8.42 Å². The lowest BCUT2D eigenvalue weighted by Gasteiger charge is -2.28. The molecule has 1 amide bonds. The van der Waals surface area contributed by atoms with Gasteiger partial charge in [0.05, 0.1) is 22.9 Å². The molecule has 0 radical (unpaired) electrons. The molecule has 3 aromatic rings. The highest BCUT2D eigenvalue weighted by Gasteiger charge is 2.37. The molecular formula is C23H24N2O4S. The summed E-state index contributed by atoms with van der Waals surface area (Å²) in [5.74, 6) is 0.606. The van der Waals surface area contributed by atoms with Gasteiger partial charge < -0.3 is 9.32 Å². The van der Waals surface area contributed by atoms with Gasteiger partial charge in [0, 0.05) is 11.6 Å². The minimum Gasteiger partial charge on any atom is -0.467 e. The Labute approximate surface area is 176 Å². The molecule has 1 heterocycles. The number of aryl methyl sites for hydroxylation is 1. The van der Waals surface area contributed by atoms with Gasteiger partial charge in [-0.3, -0.25) is 9.52 Å². The monoisotopic (exact) mass is 424 g/mol. The van der Waals surface area contributed by atoms with Crippen LogP contribution >= 0.6 is 0 Å². The molecule has 1 atom stereocenters. The van der Waals surface area contributed by atoms with Gasteiger partial charge in [0.2, 0.25) is 0 Å². The van der Waals surface area contributed by atoms with Crippen molar-refractivity contribution in [3.8, 4) is 0 Å². The number of carbonyl (C=O) groups is 1. The Bertz CT molecular complexity index is 1130. The van der Waals surface area contributed by atoms with Gasteiger partial charge in [-0.1, -0.05) is 18.2 Å². The fourth-order valence-electron chi connectivity index (χ4n) is 3.49. The summed E-state index contributed by atoms with van der Waals surface area (Å²) in [6.07, 6.45) is 3.52. The first kappa shape index (κ1) is 20.2. The molecule has 0 saturated heterocycles. The lowest BCUT2D eigenvalue weighted by molar-refractivity contribution is 0.0652. The maximum Gasteiger partial charge on any atom is 0.261 e. The largest absolute Gasteiger partial charge is 0.467 e. The number of nitrogens with zero attached hydrogens (tertiary/aromatic N) is 1. The van der Waals surface area contributed by atoms with Crippen LogP contribution in [0, 0.1) is 6.92 Å². The van der Waals surface area contributed by atoms with Crippen LogP contribution in [0.4, 0.5) is 5.69 Å². The Morgan fingerprint density at radius 2 is 1.77 bits per heavy atom. The van der Waals surface area contributed by atoms with E-state index in [1.807, 2.05) is 43.0 Å². The first-order valence-electron chi connectivity index (χ1n) is 9.91. The Kier molecular flexibility index (Phi) is 5.39. The quantitative estimate of drug-likeness (QED) is 0.593. The number of carbonyl (C=O) groups excluding carboxylic acids is 1. The van der Waals surface area contributed by atoms with Gasteiger partial charge in [0.1, 0.15) is 5.76 Å². The summed E-state index contributed by atoms with van der Waals surface area (Å²) >= 11 is 0. The smallest absolute Gasteiger partial charge is 0.261 e. The fourth-order valence-corrected chi connectivity index (χ4v) is 4.62. The molecule has 1 N–H and O–H groups in total. The minimum absolute atomic E-state index is 0.111. The number of furan rings is 1. The Morgan fingerprint density at radius 3 is 2.37 bits per heavy atom. The maximum absolute atomic E-state index is 13.2. The molecule has 30 heavy (non-hydrogen) atoms. The predicted molar refractivity (Wildman–Crippen MR) is 115 cm³/mol. The van der Waals surface area contributed by atoms with E-state index in [2.05, 4.69) is 4.72 Å². The van der Waals surface area contributed by atoms with E-state index in [4.69, 9.17) is 4.42 Å². The van der Waals surface area contributed by atoms with Crippen molar-refractivity contribution in [2.24, 2.45) is 0 Å². The molecule has 7 heteroatoms. The molecule has 0 bridgehead atoms. The Hall–Kier alpha value is -3.06. The molecule has 6 nitrogen and oxygen atoms in total. The SMILES string of the molecule is Cc1ccccc1NS(=O)(=O)c1ccc(C(=O)N(C2CC2)C(C)c2ccco2)cc1. The first-order valence-corrected chi connectivity index (χ1v) is 11.4. The van der Waals surface area contributed by atoms with Gasteiger partial charge in [-0.15, -0.1) is 0 Å². The standard InChI is InChI=1S/C23H24N2O4S/c1-16-6-3-4-7-21(16)24-30(27,28)20-13-9-18(10-14-20)23(26)25(19-11-12-19)17(2)22-8-5-15-29-22/h3-10,13-15,17,19,24H,11-12H2,1-2H3. The van der Waals surface area contributed by atoms with Gasteiger partial charge in [-0.05, 0) is 74.7 Å². The number of anilines is 1. The molecular weight excluding hydrogens is 400 g/mol. The van der Waals surface area contributed by atoms with Crippen molar-refractivity contribution < 1.29 is 17.6 Å². The van der Waals surface area contributed by atoms with Crippen LogP contribution in [0.1, 0.15) is 47.5 Å². The number of para-hydroxylation sites is 1. The fraction of sp³-hybridized carbons (Fsp3) is 0.261. The van der Waals surface area contributed by atoms with E-state index in [-0.39, 0.29) is 22.9 Å². The summed E-state index contributed by atoms with van der Waals surface area (Å²) < 4.78 is 33.6. The van der Waals surface area contributed by atoms with Crippen molar-refractivity contribution in [1.29, 1.82) is 0 Å². The van der Waals surface area contributed by atoms with E-state index >= 15 is 0 Å². The van der Waals surface area contributed by atoms with Gasteiger partial charge >= 0.3 is 0 Å². The molecule has 2 aromatic carbocycles. The van der Waals surface area contributed by atoms with Crippen molar-refractivity contribution in [1.82, 2.24) is 4.90 Å². The van der Waals surface area contributed by atoms with Crippen LogP contribution in [0.25, 0.3) is 0 Å². The highest BCUT2D eigenvalue weighted by molar-refractivity contribution is 7.92. The molecule has 1 aliphatic rings. The third kappa shape index (κ3) is 4.11. The topological polar surface area (TPSA) is 79.6 Å². The molecule has 1 unspecified atom stereocenters. The van der Waals surface area contributed by atoms with Gasteiger partial charge in [-0.2, -0.15) is 0 Å². The second-order valence-electron chi connectivity index (χ2n) is 7.58. The first-order chi connectivity index (χ1) is 14.4. The highest BCUT2D eigenvalue weighted by atomic mass is 32.2. The summed E-state index contributed by atoms with van der Waals surface area (Å²) in [6, 6.07) is 16.9. The number of hydrogen-bond acceptors (Lipinski definition) is 4. The van der Waals surface area contributed by atoms with Gasteiger partial charge in [0.25, 0.3) is 15.9 Å².